The van der Waals surface area contributed by atoms with Crippen LogP contribution in [-0.4, -0.2) is 32.4 Å². The van der Waals surface area contributed by atoms with Gasteiger partial charge in [0, 0.05) is 0 Å². The molecular weight excluding hydrogens is 307 g/mol. The Morgan fingerprint density at radius 3 is 1.69 bits per heavy atom. The molecule has 3 heteroatoms. The molecule has 2 nitrogen and oxygen atoms in total. The summed E-state index contributed by atoms with van der Waals surface area (Å²) < 4.78 is 13.5. The van der Waals surface area contributed by atoms with Crippen LogP contribution in [0.1, 0.15) is 47.5 Å². The van der Waals surface area contributed by atoms with Gasteiger partial charge in [-0.3, -0.25) is 0 Å². The van der Waals surface area contributed by atoms with Gasteiger partial charge in [0.05, 0.1) is 0 Å². The first-order valence-electron chi connectivity index (χ1n) is 6.67. The van der Waals surface area contributed by atoms with Crippen molar-refractivity contribution >= 4 is 19.2 Å². The average Bonchev–Trinajstić information content (AvgIpc) is 2.21. The van der Waals surface area contributed by atoms with Crippen LogP contribution in [0.2, 0.25) is 9.38 Å². The molecule has 0 unspecified atom stereocenters. The van der Waals surface area contributed by atoms with Crippen LogP contribution in [0.3, 0.4) is 0 Å². The molecule has 0 N–H and O–H groups in total. The van der Waals surface area contributed by atoms with Crippen LogP contribution in [0.5, 0.6) is 0 Å². The Morgan fingerprint density at radius 1 is 0.938 bits per heavy atom. The molecule has 0 aromatic heterocycles. The molecule has 0 saturated carbocycles. The standard InChI is InChI=1S/2C4H9O.C4H9.CH3.Sn/c2*1-4(2)3-5;1-3-4-2;;/h2*4H,3H2,1-2H3;1,3-4H2,2H3;1H3;/q2*-1;;;+2. The van der Waals surface area contributed by atoms with E-state index in [4.69, 9.17) is 6.15 Å². The van der Waals surface area contributed by atoms with Gasteiger partial charge in [-0.05, 0) is 0 Å². The second-order valence-corrected chi connectivity index (χ2v) is 15.2. The minimum absolute atomic E-state index is 0.611. The Balaban J connectivity index is 4.12. The van der Waals surface area contributed by atoms with Crippen LogP contribution in [0.25, 0.3) is 0 Å². The number of hydrogen-bond donors (Lipinski definition) is 0. The van der Waals surface area contributed by atoms with Gasteiger partial charge >= 0.3 is 107 Å². The van der Waals surface area contributed by atoms with Crippen molar-refractivity contribution in [3.05, 3.63) is 0 Å². The summed E-state index contributed by atoms with van der Waals surface area (Å²) in [5.41, 5.74) is 0. The quantitative estimate of drug-likeness (QED) is 0.587. The zero-order valence-electron chi connectivity index (χ0n) is 12.0. The maximum absolute atomic E-state index is 6.13. The monoisotopic (exact) mass is 338 g/mol. The average molecular weight is 337 g/mol. The van der Waals surface area contributed by atoms with E-state index < -0.39 is 19.2 Å². The summed E-state index contributed by atoms with van der Waals surface area (Å²) in [5.74, 6) is 1.22. The van der Waals surface area contributed by atoms with Gasteiger partial charge in [0.25, 0.3) is 0 Å². The van der Waals surface area contributed by atoms with Gasteiger partial charge in [-0.2, -0.15) is 0 Å². The molecule has 0 rings (SSSR count). The SMILES string of the molecule is CCC[CH2][Sn]([CH3])([O]CC(C)C)[O]CC(C)C. The van der Waals surface area contributed by atoms with Gasteiger partial charge in [0.2, 0.25) is 0 Å². The van der Waals surface area contributed by atoms with Crippen molar-refractivity contribution in [2.45, 2.75) is 56.8 Å². The summed E-state index contributed by atoms with van der Waals surface area (Å²) in [6.07, 6.45) is 2.49. The van der Waals surface area contributed by atoms with E-state index >= 15 is 0 Å². The molecule has 98 valence electrons. The second-order valence-electron chi connectivity index (χ2n) is 5.65. The summed E-state index contributed by atoms with van der Waals surface area (Å²) in [5, 5.41) is 0. The molecular formula is C13H30O2Sn. The predicted octanol–water partition coefficient (Wildman–Crippen LogP) is 4.20. The molecule has 0 saturated heterocycles. The molecule has 0 aliphatic heterocycles. The second kappa shape index (κ2) is 8.76. The Bertz CT molecular complexity index is 157. The van der Waals surface area contributed by atoms with Crippen molar-refractivity contribution in [2.75, 3.05) is 13.2 Å². The van der Waals surface area contributed by atoms with Crippen LogP contribution in [0, 0.1) is 11.8 Å². The zero-order valence-corrected chi connectivity index (χ0v) is 14.9. The summed E-state index contributed by atoms with van der Waals surface area (Å²) in [6, 6.07) is 0. The van der Waals surface area contributed by atoms with E-state index in [1.807, 2.05) is 0 Å². The molecule has 0 aromatic carbocycles. The molecule has 0 heterocycles. The van der Waals surface area contributed by atoms with Crippen LogP contribution in [0.4, 0.5) is 0 Å². The molecule has 0 aliphatic carbocycles. The first-order valence-corrected chi connectivity index (χ1v) is 13.9. The molecule has 0 aromatic rings. The van der Waals surface area contributed by atoms with E-state index in [1.165, 1.54) is 17.3 Å². The van der Waals surface area contributed by atoms with E-state index in [2.05, 4.69) is 39.6 Å². The fraction of sp³-hybridized carbons (Fsp3) is 1.00. The predicted molar refractivity (Wildman–Crippen MR) is 72.9 cm³/mol. The summed E-state index contributed by atoms with van der Waals surface area (Å²) >= 11 is -2.67. The van der Waals surface area contributed by atoms with Crippen molar-refractivity contribution in [1.29, 1.82) is 0 Å². The van der Waals surface area contributed by atoms with Gasteiger partial charge in [0.1, 0.15) is 0 Å². The number of rotatable bonds is 9. The third-order valence-electron chi connectivity index (χ3n) is 2.43. The van der Waals surface area contributed by atoms with Gasteiger partial charge in [-0.1, -0.05) is 0 Å². The van der Waals surface area contributed by atoms with E-state index in [0.29, 0.717) is 11.8 Å². The van der Waals surface area contributed by atoms with Gasteiger partial charge in [-0.25, -0.2) is 0 Å². The topological polar surface area (TPSA) is 18.5 Å². The van der Waals surface area contributed by atoms with Gasteiger partial charge in [0.15, 0.2) is 0 Å². The molecule has 0 fully saturated rings. The first-order chi connectivity index (χ1) is 7.39. The van der Waals surface area contributed by atoms with Crippen LogP contribution < -0.4 is 0 Å². The van der Waals surface area contributed by atoms with Crippen LogP contribution >= 0.6 is 0 Å². The molecule has 0 amide bonds. The van der Waals surface area contributed by atoms with Crippen molar-refractivity contribution in [3.63, 3.8) is 0 Å². The van der Waals surface area contributed by atoms with Crippen LogP contribution in [0.15, 0.2) is 0 Å². The zero-order chi connectivity index (χ0) is 12.6. The van der Waals surface area contributed by atoms with Crippen LogP contribution in [-0.2, 0) is 6.15 Å². The molecule has 16 heavy (non-hydrogen) atoms. The van der Waals surface area contributed by atoms with Gasteiger partial charge < -0.3 is 0 Å². The fourth-order valence-corrected chi connectivity index (χ4v) is 9.19. The van der Waals surface area contributed by atoms with E-state index in [9.17, 15) is 0 Å². The normalized spacial score (nSPS) is 12.8. The van der Waals surface area contributed by atoms with Gasteiger partial charge in [-0.15, -0.1) is 0 Å². The van der Waals surface area contributed by atoms with Crippen molar-refractivity contribution in [1.82, 2.24) is 0 Å². The number of hydrogen-bond acceptors (Lipinski definition) is 2. The maximum atomic E-state index is 6.13. The van der Waals surface area contributed by atoms with Crippen molar-refractivity contribution in [3.8, 4) is 0 Å². The molecule has 0 radical (unpaired) electrons. The Morgan fingerprint density at radius 2 is 1.38 bits per heavy atom. The first kappa shape index (κ1) is 16.7. The molecule has 0 aliphatic rings. The summed E-state index contributed by atoms with van der Waals surface area (Å²) in [6.45, 7) is 12.8. The Kier molecular flexibility index (Phi) is 9.15. The molecule has 0 bridgehead atoms. The Hall–Kier alpha value is 0.719. The van der Waals surface area contributed by atoms with Crippen molar-refractivity contribution in [2.24, 2.45) is 11.8 Å². The minimum atomic E-state index is -2.67. The number of unbranched alkanes of at least 4 members (excludes halogenated alkanes) is 1. The Labute approximate surface area is 107 Å². The van der Waals surface area contributed by atoms with E-state index in [-0.39, 0.29) is 0 Å². The summed E-state index contributed by atoms with van der Waals surface area (Å²) in [7, 11) is 0. The van der Waals surface area contributed by atoms with E-state index in [1.54, 1.807) is 0 Å². The fourth-order valence-electron chi connectivity index (χ4n) is 1.37. The molecule has 0 atom stereocenters. The summed E-state index contributed by atoms with van der Waals surface area (Å²) in [4.78, 5) is 2.29. The molecule has 0 spiro atoms. The third-order valence-corrected chi connectivity index (χ3v) is 10.5. The third kappa shape index (κ3) is 8.82. The van der Waals surface area contributed by atoms with Crippen molar-refractivity contribution < 1.29 is 6.15 Å². The van der Waals surface area contributed by atoms with E-state index in [0.717, 1.165) is 13.2 Å².